The minimum absolute atomic E-state index is 0.00736. The molecule has 0 bridgehead atoms. The van der Waals surface area contributed by atoms with Gasteiger partial charge in [0.25, 0.3) is 0 Å². The number of Topliss-reactive ketones (excluding diaryl/α,β-unsaturated/α-hetero) is 1. The Morgan fingerprint density at radius 3 is 2.83 bits per heavy atom. The van der Waals surface area contributed by atoms with E-state index in [0.29, 0.717) is 12.2 Å². The molecular weight excluding hydrogens is 154 g/mol. The molecule has 1 heterocycles. The lowest BCUT2D eigenvalue weighted by atomic mass is 10.3. The minimum Gasteiger partial charge on any atom is -0.336 e. The van der Waals surface area contributed by atoms with Crippen molar-refractivity contribution in [1.29, 1.82) is 0 Å². The number of carbonyl (C=O) groups is 1. The van der Waals surface area contributed by atoms with Crippen molar-refractivity contribution in [3.8, 4) is 0 Å². The Labute approximate surface area is 71.6 Å². The van der Waals surface area contributed by atoms with Crippen molar-refractivity contribution in [2.75, 3.05) is 7.05 Å². The Morgan fingerprint density at radius 2 is 2.42 bits per heavy atom. The molecular formula is C8H13N3O. The van der Waals surface area contributed by atoms with Crippen LogP contribution in [0, 0.1) is 0 Å². The van der Waals surface area contributed by atoms with Gasteiger partial charge in [0, 0.05) is 20.2 Å². The molecule has 12 heavy (non-hydrogen) atoms. The van der Waals surface area contributed by atoms with Gasteiger partial charge in [-0.3, -0.25) is 4.79 Å². The highest BCUT2D eigenvalue weighted by atomic mass is 16.1. The number of carbonyl (C=O) groups excluding carboxylic acids is 1. The molecule has 0 aliphatic rings. The van der Waals surface area contributed by atoms with Gasteiger partial charge in [0.05, 0.1) is 6.54 Å². The zero-order chi connectivity index (χ0) is 9.14. The lowest BCUT2D eigenvalue weighted by Crippen LogP contribution is -2.10. The molecule has 4 nitrogen and oxygen atoms in total. The van der Waals surface area contributed by atoms with E-state index in [0.717, 1.165) is 5.82 Å². The maximum Gasteiger partial charge on any atom is 0.179 e. The number of aromatic nitrogens is 2. The summed E-state index contributed by atoms with van der Waals surface area (Å²) in [7, 11) is 3.73. The van der Waals surface area contributed by atoms with Crippen molar-refractivity contribution in [3.63, 3.8) is 0 Å². The Kier molecular flexibility index (Phi) is 2.60. The van der Waals surface area contributed by atoms with Crippen molar-refractivity contribution in [3.05, 3.63) is 17.7 Å². The number of rotatable bonds is 3. The van der Waals surface area contributed by atoms with Crippen molar-refractivity contribution in [2.24, 2.45) is 7.05 Å². The van der Waals surface area contributed by atoms with Gasteiger partial charge in [-0.25, -0.2) is 4.98 Å². The highest BCUT2D eigenvalue weighted by molar-refractivity contribution is 5.91. The fourth-order valence-electron chi connectivity index (χ4n) is 0.997. The summed E-state index contributed by atoms with van der Waals surface area (Å²) in [5.41, 5.74) is 0.530. The van der Waals surface area contributed by atoms with Crippen LogP contribution in [0.5, 0.6) is 0 Å². The van der Waals surface area contributed by atoms with Gasteiger partial charge in [0.2, 0.25) is 0 Å². The van der Waals surface area contributed by atoms with E-state index in [1.807, 2.05) is 18.7 Å². The first-order valence-electron chi connectivity index (χ1n) is 3.83. The molecule has 66 valence electrons. The number of nitrogens with one attached hydrogen (secondary N) is 1. The number of hydrogen-bond donors (Lipinski definition) is 1. The Hall–Kier alpha value is -1.16. The number of ketones is 1. The third-order valence-electron chi connectivity index (χ3n) is 1.67. The summed E-state index contributed by atoms with van der Waals surface area (Å²) >= 11 is 0. The van der Waals surface area contributed by atoms with Crippen LogP contribution in [-0.2, 0) is 13.6 Å². The fourth-order valence-corrected chi connectivity index (χ4v) is 0.997. The first-order valence-corrected chi connectivity index (χ1v) is 3.83. The zero-order valence-electron chi connectivity index (χ0n) is 7.59. The van der Waals surface area contributed by atoms with Crippen LogP contribution in [-0.4, -0.2) is 22.4 Å². The third kappa shape index (κ3) is 1.71. The summed E-state index contributed by atoms with van der Waals surface area (Å²) in [6.45, 7) is 2.20. The molecule has 1 aromatic heterocycles. The average molecular weight is 167 g/mol. The molecule has 0 aliphatic heterocycles. The highest BCUT2D eigenvalue weighted by Gasteiger charge is 2.06. The van der Waals surface area contributed by atoms with E-state index < -0.39 is 0 Å². The molecule has 0 saturated heterocycles. The van der Waals surface area contributed by atoms with E-state index >= 15 is 0 Å². The van der Waals surface area contributed by atoms with Crippen LogP contribution >= 0.6 is 0 Å². The Bertz CT molecular complexity index is 290. The summed E-state index contributed by atoms with van der Waals surface area (Å²) in [5.74, 6) is 0.885. The third-order valence-corrected chi connectivity index (χ3v) is 1.67. The molecule has 0 aliphatic carbocycles. The molecule has 0 radical (unpaired) electrons. The first kappa shape index (κ1) is 8.93. The summed E-state index contributed by atoms with van der Waals surface area (Å²) < 4.78 is 1.85. The lowest BCUT2D eigenvalue weighted by molar-refractivity contribution is 0.101. The van der Waals surface area contributed by atoms with Gasteiger partial charge in [-0.2, -0.15) is 0 Å². The van der Waals surface area contributed by atoms with E-state index in [-0.39, 0.29) is 5.78 Å². The number of nitrogens with zero attached hydrogens (tertiary/aromatic N) is 2. The van der Waals surface area contributed by atoms with Crippen LogP contribution in [0.4, 0.5) is 0 Å². The molecule has 1 N–H and O–H groups in total. The van der Waals surface area contributed by atoms with E-state index in [9.17, 15) is 4.79 Å². The maximum absolute atomic E-state index is 10.9. The van der Waals surface area contributed by atoms with Crippen molar-refractivity contribution in [1.82, 2.24) is 14.9 Å². The quantitative estimate of drug-likeness (QED) is 0.660. The largest absolute Gasteiger partial charge is 0.336 e. The topological polar surface area (TPSA) is 46.9 Å². The summed E-state index contributed by atoms with van der Waals surface area (Å²) in [6.07, 6.45) is 1.75. The highest BCUT2D eigenvalue weighted by Crippen LogP contribution is 2.01. The summed E-state index contributed by atoms with van der Waals surface area (Å²) in [5, 5.41) is 2.98. The van der Waals surface area contributed by atoms with Crippen LogP contribution in [0.3, 0.4) is 0 Å². The second-order valence-electron chi connectivity index (χ2n) is 2.74. The first-order chi connectivity index (χ1) is 5.65. The molecule has 0 amide bonds. The normalized spacial score (nSPS) is 10.2. The lowest BCUT2D eigenvalue weighted by Gasteiger charge is -1.97. The molecule has 0 saturated carbocycles. The van der Waals surface area contributed by atoms with E-state index in [1.165, 1.54) is 6.92 Å². The van der Waals surface area contributed by atoms with Crippen LogP contribution in [0.25, 0.3) is 0 Å². The maximum atomic E-state index is 10.9. The molecule has 0 aromatic carbocycles. The van der Waals surface area contributed by atoms with Crippen LogP contribution in [0.1, 0.15) is 23.2 Å². The standard InChI is InChI=1S/C8H13N3O/c1-6(12)7-5-11(3)8(10-7)4-9-2/h5,9H,4H2,1-3H3. The van der Waals surface area contributed by atoms with Crippen LogP contribution < -0.4 is 5.32 Å². The SMILES string of the molecule is CNCc1nc(C(C)=O)cn1C. The molecule has 4 heteroatoms. The van der Waals surface area contributed by atoms with Crippen molar-refractivity contribution < 1.29 is 4.79 Å². The van der Waals surface area contributed by atoms with Gasteiger partial charge in [-0.1, -0.05) is 0 Å². The number of hydrogen-bond acceptors (Lipinski definition) is 3. The predicted octanol–water partition coefficient (Wildman–Crippen LogP) is 0.342. The number of aryl methyl sites for hydroxylation is 1. The van der Waals surface area contributed by atoms with E-state index in [4.69, 9.17) is 0 Å². The van der Waals surface area contributed by atoms with Gasteiger partial charge in [0.1, 0.15) is 11.5 Å². The fraction of sp³-hybridized carbons (Fsp3) is 0.500. The van der Waals surface area contributed by atoms with E-state index in [2.05, 4.69) is 10.3 Å². The molecule has 0 atom stereocenters. The van der Waals surface area contributed by atoms with Crippen LogP contribution in [0.15, 0.2) is 6.20 Å². The van der Waals surface area contributed by atoms with Gasteiger partial charge in [0.15, 0.2) is 5.78 Å². The van der Waals surface area contributed by atoms with Crippen LogP contribution in [0.2, 0.25) is 0 Å². The summed E-state index contributed by atoms with van der Waals surface area (Å²) in [6, 6.07) is 0. The average Bonchev–Trinajstić information content (AvgIpc) is 2.34. The van der Waals surface area contributed by atoms with Gasteiger partial charge in [-0.15, -0.1) is 0 Å². The molecule has 0 fully saturated rings. The minimum atomic E-state index is 0.00736. The molecule has 1 rings (SSSR count). The summed E-state index contributed by atoms with van der Waals surface area (Å²) in [4.78, 5) is 15.1. The number of imidazole rings is 1. The van der Waals surface area contributed by atoms with Crippen molar-refractivity contribution in [2.45, 2.75) is 13.5 Å². The smallest absolute Gasteiger partial charge is 0.179 e. The van der Waals surface area contributed by atoms with Gasteiger partial charge < -0.3 is 9.88 Å². The second-order valence-corrected chi connectivity index (χ2v) is 2.74. The predicted molar refractivity (Wildman–Crippen MR) is 46.0 cm³/mol. The van der Waals surface area contributed by atoms with Gasteiger partial charge >= 0.3 is 0 Å². The second kappa shape index (κ2) is 3.49. The Balaban J connectivity index is 2.92. The molecule has 0 spiro atoms. The zero-order valence-corrected chi connectivity index (χ0v) is 7.59. The van der Waals surface area contributed by atoms with Gasteiger partial charge in [-0.05, 0) is 7.05 Å². The van der Waals surface area contributed by atoms with Crippen molar-refractivity contribution >= 4 is 5.78 Å². The Morgan fingerprint density at radius 1 is 1.75 bits per heavy atom. The molecule has 1 aromatic rings. The molecule has 0 unspecified atom stereocenters. The van der Waals surface area contributed by atoms with E-state index in [1.54, 1.807) is 6.20 Å². The monoisotopic (exact) mass is 167 g/mol.